The Labute approximate surface area is 160 Å². The van der Waals surface area contributed by atoms with Gasteiger partial charge in [0.1, 0.15) is 0 Å². The first-order valence-electron chi connectivity index (χ1n) is 10.7. The Hall–Kier alpha value is -0.650. The zero-order chi connectivity index (χ0) is 19.5. The lowest BCUT2D eigenvalue weighted by Gasteiger charge is -2.23. The smallest absolute Gasteiger partial charge is 0.303 e. The quantitative estimate of drug-likeness (QED) is 0.269. The maximum absolute atomic E-state index is 10.5. The number of hydrogen-bond donors (Lipinski definition) is 3. The predicted octanol–water partition coefficient (Wildman–Crippen LogP) is 4.68. The van der Waals surface area contributed by atoms with Crippen molar-refractivity contribution in [3.05, 3.63) is 0 Å². The summed E-state index contributed by atoms with van der Waals surface area (Å²) in [4.78, 5) is 10.5. The molecule has 0 fully saturated rings. The number of aliphatic hydroxyl groups is 2. The summed E-state index contributed by atoms with van der Waals surface area (Å²) in [6.07, 6.45) is 14.0. The first-order chi connectivity index (χ1) is 12.6. The van der Waals surface area contributed by atoms with Crippen molar-refractivity contribution in [1.82, 2.24) is 0 Å². The number of aliphatic hydroxyl groups excluding tert-OH is 2. The Balaban J connectivity index is 3.90. The second-order valence-electron chi connectivity index (χ2n) is 7.31. The number of hydrogen-bond acceptors (Lipinski definition) is 4. The summed E-state index contributed by atoms with van der Waals surface area (Å²) in [5.74, 6) is -0.724. The molecule has 3 N–H and O–H groups in total. The Kier molecular flexibility index (Phi) is 18.6. The second kappa shape index (κ2) is 19.1. The first-order valence-corrected chi connectivity index (χ1v) is 10.7. The number of aliphatic carboxylic acids is 1. The summed E-state index contributed by atoms with van der Waals surface area (Å²) in [6.45, 7) is 2.84. The van der Waals surface area contributed by atoms with Crippen LogP contribution in [0.3, 0.4) is 0 Å². The summed E-state index contributed by atoms with van der Waals surface area (Å²) in [7, 11) is 0. The molecule has 0 spiro atoms. The lowest BCUT2D eigenvalue weighted by atomic mass is 9.99. The second-order valence-corrected chi connectivity index (χ2v) is 7.31. The van der Waals surface area contributed by atoms with Gasteiger partial charge >= 0.3 is 5.97 Å². The third-order valence-electron chi connectivity index (χ3n) is 4.80. The molecule has 5 nitrogen and oxygen atoms in total. The van der Waals surface area contributed by atoms with Crippen LogP contribution in [0.5, 0.6) is 0 Å². The van der Waals surface area contributed by atoms with E-state index in [1.165, 1.54) is 32.1 Å². The van der Waals surface area contributed by atoms with Crippen molar-refractivity contribution in [2.24, 2.45) is 0 Å². The van der Waals surface area contributed by atoms with E-state index in [0.29, 0.717) is 13.0 Å². The van der Waals surface area contributed by atoms with E-state index < -0.39 is 12.1 Å². The van der Waals surface area contributed by atoms with Gasteiger partial charge < -0.3 is 20.1 Å². The number of rotatable bonds is 20. The van der Waals surface area contributed by atoms with Gasteiger partial charge in [0, 0.05) is 19.6 Å². The molecule has 0 radical (unpaired) electrons. The highest BCUT2D eigenvalue weighted by Crippen LogP contribution is 2.18. The van der Waals surface area contributed by atoms with Gasteiger partial charge in [0.25, 0.3) is 0 Å². The largest absolute Gasteiger partial charge is 0.481 e. The number of carboxylic acid groups (broad SMARTS) is 1. The minimum Gasteiger partial charge on any atom is -0.481 e. The SMILES string of the molecule is CCCCCCCCC(OCCCO)C(O)CCCCCCCC(=O)O. The minimum absolute atomic E-state index is 0.121. The molecule has 156 valence electrons. The van der Waals surface area contributed by atoms with Crippen LogP contribution in [0, 0.1) is 0 Å². The van der Waals surface area contributed by atoms with Gasteiger partial charge in [-0.2, -0.15) is 0 Å². The fraction of sp³-hybridized carbons (Fsp3) is 0.952. The highest BCUT2D eigenvalue weighted by Gasteiger charge is 2.19. The van der Waals surface area contributed by atoms with Gasteiger partial charge in [0.2, 0.25) is 0 Å². The van der Waals surface area contributed by atoms with Crippen LogP contribution in [0.25, 0.3) is 0 Å². The normalized spacial score (nSPS) is 13.7. The Bertz CT molecular complexity index is 309. The third kappa shape index (κ3) is 16.8. The van der Waals surface area contributed by atoms with Gasteiger partial charge in [0.15, 0.2) is 0 Å². The summed E-state index contributed by atoms with van der Waals surface area (Å²) >= 11 is 0. The summed E-state index contributed by atoms with van der Waals surface area (Å²) < 4.78 is 5.82. The molecule has 2 unspecified atom stereocenters. The average Bonchev–Trinajstić information content (AvgIpc) is 2.61. The third-order valence-corrected chi connectivity index (χ3v) is 4.80. The first kappa shape index (κ1) is 25.4. The van der Waals surface area contributed by atoms with Crippen LogP contribution in [-0.2, 0) is 9.53 Å². The fourth-order valence-electron chi connectivity index (χ4n) is 3.16. The van der Waals surface area contributed by atoms with E-state index in [0.717, 1.165) is 51.4 Å². The Morgan fingerprint density at radius 1 is 0.846 bits per heavy atom. The lowest BCUT2D eigenvalue weighted by Crippen LogP contribution is -2.29. The van der Waals surface area contributed by atoms with Gasteiger partial charge in [-0.1, -0.05) is 71.1 Å². The number of carboxylic acids is 1. The lowest BCUT2D eigenvalue weighted by molar-refractivity contribution is -0.137. The van der Waals surface area contributed by atoms with E-state index in [2.05, 4.69) is 6.92 Å². The summed E-state index contributed by atoms with van der Waals surface area (Å²) in [5.41, 5.74) is 0. The van der Waals surface area contributed by atoms with Crippen LogP contribution in [0.2, 0.25) is 0 Å². The molecule has 0 aliphatic rings. The van der Waals surface area contributed by atoms with Crippen LogP contribution < -0.4 is 0 Å². The predicted molar refractivity (Wildman–Crippen MR) is 105 cm³/mol. The van der Waals surface area contributed by atoms with E-state index in [1.807, 2.05) is 0 Å². The standard InChI is InChI=1S/C21H42O5/c1-2-3-4-5-8-11-15-20(26-18-13-17-22)19(23)14-10-7-6-9-12-16-21(24)25/h19-20,22-23H,2-18H2,1H3,(H,24,25). The zero-order valence-electron chi connectivity index (χ0n) is 16.8. The van der Waals surface area contributed by atoms with Crippen molar-refractivity contribution in [2.45, 2.75) is 115 Å². The van der Waals surface area contributed by atoms with Crippen LogP contribution in [0.1, 0.15) is 103 Å². The van der Waals surface area contributed by atoms with Crippen molar-refractivity contribution in [3.8, 4) is 0 Å². The number of unbranched alkanes of at least 4 members (excludes halogenated alkanes) is 9. The molecule has 0 aliphatic heterocycles. The van der Waals surface area contributed by atoms with Crippen molar-refractivity contribution < 1.29 is 24.9 Å². The molecule has 0 bridgehead atoms. The van der Waals surface area contributed by atoms with Crippen molar-refractivity contribution in [2.75, 3.05) is 13.2 Å². The highest BCUT2D eigenvalue weighted by molar-refractivity contribution is 5.66. The molecule has 2 atom stereocenters. The van der Waals surface area contributed by atoms with Crippen molar-refractivity contribution in [3.63, 3.8) is 0 Å². The maximum atomic E-state index is 10.5. The van der Waals surface area contributed by atoms with Crippen LogP contribution in [0.15, 0.2) is 0 Å². The molecule has 0 saturated carbocycles. The molecular formula is C21H42O5. The van der Waals surface area contributed by atoms with E-state index >= 15 is 0 Å². The van der Waals surface area contributed by atoms with Crippen molar-refractivity contribution >= 4 is 5.97 Å². The van der Waals surface area contributed by atoms with Gasteiger partial charge in [-0.15, -0.1) is 0 Å². The molecule has 26 heavy (non-hydrogen) atoms. The zero-order valence-corrected chi connectivity index (χ0v) is 16.8. The highest BCUT2D eigenvalue weighted by atomic mass is 16.5. The molecule has 0 aliphatic carbocycles. The van der Waals surface area contributed by atoms with E-state index in [-0.39, 0.29) is 19.1 Å². The molecule has 0 aromatic carbocycles. The Morgan fingerprint density at radius 3 is 2.04 bits per heavy atom. The maximum Gasteiger partial charge on any atom is 0.303 e. The minimum atomic E-state index is -0.724. The van der Waals surface area contributed by atoms with Crippen molar-refractivity contribution in [1.29, 1.82) is 0 Å². The molecule has 0 aromatic rings. The van der Waals surface area contributed by atoms with Gasteiger partial charge in [0.05, 0.1) is 12.2 Å². The van der Waals surface area contributed by atoms with E-state index in [4.69, 9.17) is 14.9 Å². The summed E-state index contributed by atoms with van der Waals surface area (Å²) in [5, 5.41) is 28.0. The van der Waals surface area contributed by atoms with E-state index in [9.17, 15) is 9.90 Å². The molecule has 5 heteroatoms. The number of carbonyl (C=O) groups is 1. The van der Waals surface area contributed by atoms with E-state index in [1.54, 1.807) is 0 Å². The monoisotopic (exact) mass is 374 g/mol. The van der Waals surface area contributed by atoms with Gasteiger partial charge in [-0.05, 0) is 25.7 Å². The number of ether oxygens (including phenoxy) is 1. The molecular weight excluding hydrogens is 332 g/mol. The van der Waals surface area contributed by atoms with Crippen LogP contribution >= 0.6 is 0 Å². The summed E-state index contributed by atoms with van der Waals surface area (Å²) in [6, 6.07) is 0. The van der Waals surface area contributed by atoms with Crippen LogP contribution in [0.4, 0.5) is 0 Å². The molecule has 0 amide bonds. The molecule has 0 rings (SSSR count). The van der Waals surface area contributed by atoms with Gasteiger partial charge in [-0.3, -0.25) is 4.79 Å². The molecule has 0 saturated heterocycles. The Morgan fingerprint density at radius 2 is 1.42 bits per heavy atom. The topological polar surface area (TPSA) is 87.0 Å². The molecule has 0 heterocycles. The average molecular weight is 375 g/mol. The van der Waals surface area contributed by atoms with Gasteiger partial charge in [-0.25, -0.2) is 0 Å². The molecule has 0 aromatic heterocycles. The fourth-order valence-corrected chi connectivity index (χ4v) is 3.16. The van der Waals surface area contributed by atoms with Crippen LogP contribution in [-0.4, -0.2) is 46.7 Å².